The number of likely N-dealkylation sites (N-methyl/N-ethyl adjacent to an activating group) is 1. The third kappa shape index (κ3) is 54.0. The Balaban J connectivity index is 4.19. The van der Waals surface area contributed by atoms with Gasteiger partial charge in [-0.15, -0.1) is 0 Å². The number of carbonyl (C=O) groups is 1. The number of quaternary nitrogens is 1. The van der Waals surface area contributed by atoms with Crippen molar-refractivity contribution in [1.82, 2.24) is 0 Å². The van der Waals surface area contributed by atoms with E-state index < -0.39 is 13.9 Å². The van der Waals surface area contributed by atoms with Gasteiger partial charge in [-0.1, -0.05) is 200 Å². The van der Waals surface area contributed by atoms with Crippen LogP contribution in [0.25, 0.3) is 0 Å². The highest BCUT2D eigenvalue weighted by Crippen LogP contribution is 2.43. The average molecular weight is 955 g/mol. The predicted molar refractivity (Wildman–Crippen MR) is 288 cm³/mol. The van der Waals surface area contributed by atoms with Crippen LogP contribution in [0.4, 0.5) is 0 Å². The van der Waals surface area contributed by atoms with E-state index in [0.29, 0.717) is 24.1 Å². The molecule has 2 unspecified atom stereocenters. The molecule has 1 N–H and O–H groups in total. The Morgan fingerprint density at radius 2 is 0.821 bits per heavy atom. The Bertz CT molecular complexity index is 1430. The highest BCUT2D eigenvalue weighted by Gasteiger charge is 2.26. The standard InChI is InChI=1S/C58H100NO7P/c1-6-8-10-12-14-16-18-20-22-24-26-28-29-30-32-34-36-38-40-42-44-46-48-50-53-63-55-57(56-65-67(61,62)64-54-52-59(3,4)5)66-58(60)51-49-47-45-43-41-39-37-35-33-31-27-25-23-21-19-17-15-13-11-9-7-2/h8-11,14-17,20-23,26-28,30-32,57H,6-7,12-13,18-19,24-25,29,33-56H2,1-5H3/p+1/b10-8-,11-9-,16-14-,17-15-,22-20-,23-21-,28-26-,31-27-,32-30-. The molecular formula is C58H101NO7P+. The van der Waals surface area contributed by atoms with Gasteiger partial charge in [0.15, 0.2) is 0 Å². The van der Waals surface area contributed by atoms with Crippen molar-refractivity contribution in [1.29, 1.82) is 0 Å². The molecule has 8 nitrogen and oxygen atoms in total. The zero-order valence-corrected chi connectivity index (χ0v) is 44.5. The molecule has 67 heavy (non-hydrogen) atoms. The first kappa shape index (κ1) is 64.2. The molecule has 0 saturated heterocycles. The van der Waals surface area contributed by atoms with Crippen LogP contribution in [0.1, 0.15) is 194 Å². The summed E-state index contributed by atoms with van der Waals surface area (Å²) in [5.41, 5.74) is 0. The van der Waals surface area contributed by atoms with Crippen molar-refractivity contribution in [2.45, 2.75) is 200 Å². The number of phosphoric ester groups is 1. The van der Waals surface area contributed by atoms with E-state index in [1.165, 1.54) is 70.6 Å². The molecule has 0 aromatic heterocycles. The lowest BCUT2D eigenvalue weighted by molar-refractivity contribution is -0.870. The summed E-state index contributed by atoms with van der Waals surface area (Å²) < 4.78 is 35.2. The van der Waals surface area contributed by atoms with Crippen LogP contribution in [0.2, 0.25) is 0 Å². The molecule has 0 amide bonds. The highest BCUT2D eigenvalue weighted by atomic mass is 31.2. The van der Waals surface area contributed by atoms with Crippen LogP contribution in [0.15, 0.2) is 109 Å². The zero-order chi connectivity index (χ0) is 49.0. The van der Waals surface area contributed by atoms with Crippen molar-refractivity contribution in [3.8, 4) is 0 Å². The normalized spacial score (nSPS) is 14.4. The number of phosphoric acid groups is 1. The van der Waals surface area contributed by atoms with Crippen LogP contribution in [-0.2, 0) is 27.9 Å². The molecule has 0 bridgehead atoms. The Morgan fingerprint density at radius 3 is 1.22 bits per heavy atom. The first-order valence-corrected chi connectivity index (χ1v) is 28.1. The number of ether oxygens (including phenoxy) is 2. The summed E-state index contributed by atoms with van der Waals surface area (Å²) in [6, 6.07) is 0. The molecule has 0 spiro atoms. The minimum absolute atomic E-state index is 0.0787. The lowest BCUT2D eigenvalue weighted by Crippen LogP contribution is -2.37. The number of allylic oxidation sites excluding steroid dienone is 18. The summed E-state index contributed by atoms with van der Waals surface area (Å²) in [5, 5.41) is 0. The fourth-order valence-corrected chi connectivity index (χ4v) is 7.55. The molecule has 384 valence electrons. The predicted octanol–water partition coefficient (Wildman–Crippen LogP) is 16.7. The van der Waals surface area contributed by atoms with Crippen molar-refractivity contribution in [2.75, 3.05) is 54.1 Å². The monoisotopic (exact) mass is 955 g/mol. The van der Waals surface area contributed by atoms with Gasteiger partial charge in [-0.2, -0.15) is 0 Å². The molecule has 0 fully saturated rings. The van der Waals surface area contributed by atoms with E-state index in [4.69, 9.17) is 18.5 Å². The number of esters is 1. The molecule has 0 aliphatic carbocycles. The van der Waals surface area contributed by atoms with E-state index in [2.05, 4.69) is 123 Å². The van der Waals surface area contributed by atoms with Crippen LogP contribution < -0.4 is 0 Å². The maximum absolute atomic E-state index is 12.8. The van der Waals surface area contributed by atoms with Crippen LogP contribution in [0.3, 0.4) is 0 Å². The lowest BCUT2D eigenvalue weighted by atomic mass is 10.1. The van der Waals surface area contributed by atoms with Gasteiger partial charge < -0.3 is 18.9 Å². The van der Waals surface area contributed by atoms with E-state index in [0.717, 1.165) is 103 Å². The number of hydrogen-bond acceptors (Lipinski definition) is 6. The second-order valence-electron chi connectivity index (χ2n) is 18.5. The Hall–Kier alpha value is -2.84. The molecule has 2 atom stereocenters. The van der Waals surface area contributed by atoms with Crippen LogP contribution in [0, 0.1) is 0 Å². The molecular weight excluding hydrogens is 854 g/mol. The van der Waals surface area contributed by atoms with E-state index in [1.807, 2.05) is 21.1 Å². The third-order valence-corrected chi connectivity index (χ3v) is 11.8. The largest absolute Gasteiger partial charge is 0.472 e. The van der Waals surface area contributed by atoms with Crippen molar-refractivity contribution in [3.63, 3.8) is 0 Å². The van der Waals surface area contributed by atoms with Crippen LogP contribution in [-0.4, -0.2) is 75.6 Å². The molecule has 0 aliphatic heterocycles. The van der Waals surface area contributed by atoms with Gasteiger partial charge in [0, 0.05) is 13.0 Å². The summed E-state index contributed by atoms with van der Waals surface area (Å²) >= 11 is 0. The molecule has 0 aromatic carbocycles. The topological polar surface area (TPSA) is 91.3 Å². The van der Waals surface area contributed by atoms with Crippen LogP contribution in [0.5, 0.6) is 0 Å². The molecule has 9 heteroatoms. The maximum Gasteiger partial charge on any atom is 0.472 e. The van der Waals surface area contributed by atoms with Crippen molar-refractivity contribution in [3.05, 3.63) is 109 Å². The van der Waals surface area contributed by atoms with Gasteiger partial charge in [-0.05, 0) is 96.3 Å². The second-order valence-corrected chi connectivity index (χ2v) is 19.9. The smallest absolute Gasteiger partial charge is 0.457 e. The van der Waals surface area contributed by atoms with Gasteiger partial charge in [0.2, 0.25) is 0 Å². The average Bonchev–Trinajstić information content (AvgIpc) is 3.29. The Kier molecular flexibility index (Phi) is 47.5. The summed E-state index contributed by atoms with van der Waals surface area (Å²) in [6.07, 6.45) is 69.9. The zero-order valence-electron chi connectivity index (χ0n) is 43.6. The minimum atomic E-state index is -4.30. The van der Waals surface area contributed by atoms with Crippen molar-refractivity contribution >= 4 is 13.8 Å². The van der Waals surface area contributed by atoms with Gasteiger partial charge in [0.1, 0.15) is 19.3 Å². The summed E-state index contributed by atoms with van der Waals surface area (Å²) in [7, 11) is 1.64. The quantitative estimate of drug-likeness (QED) is 0.0214. The minimum Gasteiger partial charge on any atom is -0.457 e. The van der Waals surface area contributed by atoms with Gasteiger partial charge in [-0.3, -0.25) is 13.8 Å². The van der Waals surface area contributed by atoms with Gasteiger partial charge in [0.05, 0.1) is 34.4 Å². The maximum atomic E-state index is 12.8. The van der Waals surface area contributed by atoms with Gasteiger partial charge in [-0.25, -0.2) is 4.57 Å². The number of rotatable bonds is 48. The molecule has 0 radical (unpaired) electrons. The Labute approximate surface area is 412 Å². The van der Waals surface area contributed by atoms with Gasteiger partial charge >= 0.3 is 13.8 Å². The highest BCUT2D eigenvalue weighted by molar-refractivity contribution is 7.47. The number of unbranched alkanes of at least 4 members (excludes halogenated alkanes) is 16. The lowest BCUT2D eigenvalue weighted by Gasteiger charge is -2.24. The Morgan fingerprint density at radius 1 is 0.463 bits per heavy atom. The van der Waals surface area contributed by atoms with Gasteiger partial charge in [0.25, 0.3) is 0 Å². The third-order valence-electron chi connectivity index (χ3n) is 10.8. The first-order valence-electron chi connectivity index (χ1n) is 26.6. The fraction of sp³-hybridized carbons (Fsp3) is 0.672. The molecule has 0 aliphatic rings. The van der Waals surface area contributed by atoms with Crippen molar-refractivity contribution < 1.29 is 37.3 Å². The summed E-state index contributed by atoms with van der Waals surface area (Å²) in [4.78, 5) is 23.0. The van der Waals surface area contributed by atoms with E-state index in [9.17, 15) is 14.3 Å². The molecule has 0 heterocycles. The van der Waals surface area contributed by atoms with E-state index in [1.54, 1.807) is 0 Å². The molecule has 0 aromatic rings. The van der Waals surface area contributed by atoms with E-state index >= 15 is 0 Å². The van der Waals surface area contributed by atoms with Crippen LogP contribution >= 0.6 is 7.82 Å². The van der Waals surface area contributed by atoms with Crippen molar-refractivity contribution in [2.24, 2.45) is 0 Å². The SMILES string of the molecule is CC/C=C\C/C=C\C/C=C\C/C=C\C/C=C\CCCCCCCCCCOCC(COP(=O)(O)OCC[N+](C)(C)C)OC(=O)CCCCCCCCCC/C=C\C/C=C\C/C=C\C/C=C\CC. The fourth-order valence-electron chi connectivity index (χ4n) is 6.81. The molecule has 0 rings (SSSR count). The van der Waals surface area contributed by atoms with E-state index in [-0.39, 0.29) is 25.8 Å². The summed E-state index contributed by atoms with van der Waals surface area (Å²) in [6.45, 7) is 5.35. The number of nitrogens with zero attached hydrogens (tertiary/aromatic N) is 1. The first-order chi connectivity index (χ1) is 32.6. The summed E-state index contributed by atoms with van der Waals surface area (Å²) in [5.74, 6) is -0.329. The number of carbonyl (C=O) groups excluding carboxylic acids is 1. The molecule has 0 saturated carbocycles. The second kappa shape index (κ2) is 49.6. The number of hydrogen-bond donors (Lipinski definition) is 1.